The van der Waals surface area contributed by atoms with Crippen molar-refractivity contribution >= 4 is 71.4 Å². The Bertz CT molecular complexity index is 2580. The molecule has 1 amide bonds. The number of nitrogens with zero attached hydrogens (tertiary/aromatic N) is 2. The van der Waals surface area contributed by atoms with Crippen molar-refractivity contribution in [2.24, 2.45) is 10.5 Å². The first-order valence-corrected chi connectivity index (χ1v) is 25.3. The van der Waals surface area contributed by atoms with Gasteiger partial charge in [-0.15, -0.1) is 0 Å². The Morgan fingerprint density at radius 3 is 1.31 bits per heavy atom. The van der Waals surface area contributed by atoms with E-state index in [1.165, 1.54) is 19.2 Å². The van der Waals surface area contributed by atoms with Crippen LogP contribution in [-0.4, -0.2) is 43.7 Å². The molecule has 4 N–H and O–H groups in total. The zero-order valence-electron chi connectivity index (χ0n) is 38.1. The number of nitrogens with two attached hydrogens (primary N) is 2. The first kappa shape index (κ1) is 54.6. The second kappa shape index (κ2) is 24.3. The van der Waals surface area contributed by atoms with Crippen molar-refractivity contribution in [3.05, 3.63) is 115 Å². The number of hydrogen-bond donors (Lipinski definition) is 2. The van der Waals surface area contributed by atoms with Gasteiger partial charge in [0.2, 0.25) is 12.2 Å². The van der Waals surface area contributed by atoms with Gasteiger partial charge in [0.15, 0.2) is 22.6 Å². The number of amides is 1. The fourth-order valence-electron chi connectivity index (χ4n) is 7.10. The van der Waals surface area contributed by atoms with Gasteiger partial charge in [-0.1, -0.05) is 123 Å². The third-order valence-corrected chi connectivity index (χ3v) is 10.3. The Balaban J connectivity index is 0.000000271. The molecule has 2 heterocycles. The summed E-state index contributed by atoms with van der Waals surface area (Å²) < 4.78 is 113. The largest absolute Gasteiger partial charge is 0.475 e. The standard InChI is InChI=1S/C23H23ClF3NO4.C22H22ClF3N2O3.2CH3.Al.H2N/c1-4-6-14-12-17-20(32-28-21(17)23(25,26)27)16(7-5-2)18(14)31-19(22(29)30-3)13-8-10-15(24)11-9-13;1-3-5-13-11-16-19(31-28-20(16)22(24,25)26)15(6-4-2)17(13)30-18(21(27)29)12-7-9-14(23)10-8-12;;;;/h8-12,19H,4-7H2,1-3H3;7-11,18H,3-6H2,1-2H3,(H2,27,29);2*1H3;;1H2/q;;;;+1;-1. The summed E-state index contributed by atoms with van der Waals surface area (Å²) in [5, 5.41) is 7.29. The molecule has 0 aliphatic carbocycles. The number of benzene rings is 4. The minimum absolute atomic E-state index is 0.00311. The van der Waals surface area contributed by atoms with Crippen LogP contribution in [0.4, 0.5) is 26.3 Å². The highest BCUT2D eigenvalue weighted by atomic mass is 35.5. The molecule has 4 aromatic carbocycles. The molecule has 2 unspecified atom stereocenters. The Labute approximate surface area is 398 Å². The highest BCUT2D eigenvalue weighted by Crippen LogP contribution is 2.44. The predicted octanol–water partition coefficient (Wildman–Crippen LogP) is 12.9. The summed E-state index contributed by atoms with van der Waals surface area (Å²) in [7, 11) is 1.24. The van der Waals surface area contributed by atoms with Crippen LogP contribution >= 0.6 is 23.2 Å². The van der Waals surface area contributed by atoms with Crippen molar-refractivity contribution in [2.75, 3.05) is 7.11 Å². The minimum Gasteiger partial charge on any atom is -0.475 e. The summed E-state index contributed by atoms with van der Waals surface area (Å²) in [6.07, 6.45) is -7.40. The predicted molar refractivity (Wildman–Crippen MR) is 247 cm³/mol. The number of carbonyl (C=O) groups excluding carboxylic acids is 2. The van der Waals surface area contributed by atoms with Crippen molar-refractivity contribution in [3.63, 3.8) is 0 Å². The number of hydrogen-bond acceptors (Lipinski definition) is 10. The van der Waals surface area contributed by atoms with E-state index in [4.69, 9.17) is 56.9 Å². The number of rotatable bonds is 16. The van der Waals surface area contributed by atoms with Crippen LogP contribution < -0.4 is 19.9 Å². The number of methoxy groups -OCH3 is 1. The average molecular weight is 998 g/mol. The molecule has 11 nitrogen and oxygen atoms in total. The van der Waals surface area contributed by atoms with Crippen LogP contribution in [0.25, 0.3) is 21.9 Å². The molecule has 6 rings (SSSR count). The first-order valence-electron chi connectivity index (χ1n) is 21.6. The topological polar surface area (TPSA) is 166 Å². The molecule has 0 spiro atoms. The number of carbonyl (C=O) groups is 2. The summed E-state index contributed by atoms with van der Waals surface area (Å²) in [5.41, 5.74) is 6.40. The number of alkyl halides is 6. The summed E-state index contributed by atoms with van der Waals surface area (Å²) >= 11 is 11.2. The van der Waals surface area contributed by atoms with E-state index in [-0.39, 0.29) is 21.9 Å². The maximum absolute atomic E-state index is 13.5. The maximum atomic E-state index is 13.5. The summed E-state index contributed by atoms with van der Waals surface area (Å²) in [5.74, 6) is 3.41. The Hall–Kier alpha value is -4.99. The second-order valence-electron chi connectivity index (χ2n) is 15.8. The van der Waals surface area contributed by atoms with Crippen LogP contribution in [0.3, 0.4) is 0 Å². The molecule has 0 bridgehead atoms. The van der Waals surface area contributed by atoms with Crippen molar-refractivity contribution in [1.82, 2.24) is 10.3 Å². The van der Waals surface area contributed by atoms with Crippen LogP contribution in [0, 0.1) is 0 Å². The number of ether oxygens (including phenoxy) is 3. The van der Waals surface area contributed by atoms with Gasteiger partial charge < -0.3 is 33.7 Å². The number of halogens is 8. The lowest BCUT2D eigenvalue weighted by Crippen LogP contribution is -2.26. The first-order chi connectivity index (χ1) is 31.6. The molecule has 0 aliphatic rings. The molecule has 2 aromatic heterocycles. The molecule has 0 radical (unpaired) electrons. The van der Waals surface area contributed by atoms with Crippen molar-refractivity contribution in [3.8, 4) is 11.5 Å². The van der Waals surface area contributed by atoms with Crippen LogP contribution in [0.2, 0.25) is 21.6 Å². The fraction of sp³-hybridized carbons (Fsp3) is 0.404. The van der Waals surface area contributed by atoms with Gasteiger partial charge in [0.05, 0.1) is 17.9 Å². The van der Waals surface area contributed by atoms with E-state index < -0.39 is 62.2 Å². The molecular weight excluding hydrogens is 944 g/mol. The van der Waals surface area contributed by atoms with Gasteiger partial charge in [0.1, 0.15) is 11.5 Å². The lowest BCUT2D eigenvalue weighted by atomic mass is 9.97. The molecular formula is C47H53AlCl2F6N4O7. The van der Waals surface area contributed by atoms with E-state index in [9.17, 15) is 35.9 Å². The molecule has 67 heavy (non-hydrogen) atoms. The van der Waals surface area contributed by atoms with E-state index in [1.807, 2.05) is 27.7 Å². The zero-order valence-corrected chi connectivity index (χ0v) is 40.8. The van der Waals surface area contributed by atoms with Gasteiger partial charge in [-0.3, -0.25) is 4.79 Å². The van der Waals surface area contributed by atoms with Crippen molar-refractivity contribution in [2.45, 2.75) is 115 Å². The number of aromatic nitrogens is 2. The number of fused-ring (bicyclic) bond motifs is 2. The summed E-state index contributed by atoms with van der Waals surface area (Å²) in [6.45, 7) is 7.58. The molecule has 0 saturated heterocycles. The second-order valence-corrected chi connectivity index (χ2v) is 19.1. The molecule has 6 aromatic rings. The van der Waals surface area contributed by atoms with E-state index in [0.717, 1.165) is 0 Å². The summed E-state index contributed by atoms with van der Waals surface area (Å²) in [4.78, 5) is 24.8. The minimum atomic E-state index is -4.65. The Kier molecular flexibility index (Phi) is 19.8. The van der Waals surface area contributed by atoms with Gasteiger partial charge in [-0.05, 0) is 73.2 Å². The molecule has 0 saturated carbocycles. The quantitative estimate of drug-likeness (QED) is 0.0541. The Morgan fingerprint density at radius 2 is 1.00 bits per heavy atom. The molecule has 2 atom stereocenters. The smallest absolute Gasteiger partial charge is 0.437 e. The van der Waals surface area contributed by atoms with Crippen LogP contribution in [0.1, 0.15) is 110 Å². The summed E-state index contributed by atoms with van der Waals surface area (Å²) in [6, 6.07) is 15.7. The third kappa shape index (κ3) is 14.0. The maximum Gasteiger partial charge on any atom is 0.437 e. The van der Waals surface area contributed by atoms with E-state index in [2.05, 4.69) is 21.9 Å². The van der Waals surface area contributed by atoms with Gasteiger partial charge >= 0.3 is 32.7 Å². The lowest BCUT2D eigenvalue weighted by Gasteiger charge is -2.22. The van der Waals surface area contributed by atoms with Crippen molar-refractivity contribution in [1.29, 1.82) is 0 Å². The van der Waals surface area contributed by atoms with E-state index in [1.54, 1.807) is 48.5 Å². The van der Waals surface area contributed by atoms with Crippen LogP contribution in [0.15, 0.2) is 69.7 Å². The van der Waals surface area contributed by atoms with Gasteiger partial charge in [0.25, 0.3) is 5.91 Å². The molecule has 0 fully saturated rings. The monoisotopic (exact) mass is 996 g/mol. The van der Waals surface area contributed by atoms with Gasteiger partial charge in [-0.25, -0.2) is 4.79 Å². The number of esters is 1. The van der Waals surface area contributed by atoms with E-state index >= 15 is 0 Å². The number of primary amides is 1. The average Bonchev–Trinajstić information content (AvgIpc) is 3.90. The highest BCUT2D eigenvalue weighted by Gasteiger charge is 2.40. The lowest BCUT2D eigenvalue weighted by molar-refractivity contribution is -0.149. The Morgan fingerprint density at radius 1 is 0.657 bits per heavy atom. The van der Waals surface area contributed by atoms with Gasteiger partial charge in [-0.2, -0.15) is 26.3 Å². The van der Waals surface area contributed by atoms with Gasteiger partial charge in [0, 0.05) is 32.3 Å². The SMILES string of the molecule is CCCc1cc2c(C(F)(F)F)noc2c(CCC)c1OC(C(=O)OC)c1ccc(Cl)cc1.CCCc1cc2c(C(F)(F)F)noc2c(CCC)c1OC(C(N)=O)c1ccc(Cl)cc1.[CH3][Al]([CH3])[NH2]. The molecule has 0 aliphatic heterocycles. The van der Waals surface area contributed by atoms with E-state index in [0.29, 0.717) is 106 Å². The van der Waals surface area contributed by atoms with Crippen LogP contribution in [-0.2, 0) is 52.4 Å². The normalized spacial score (nSPS) is 12.4. The number of aryl methyl sites for hydroxylation is 4. The zero-order chi connectivity index (χ0) is 49.8. The molecule has 20 heteroatoms. The highest BCUT2D eigenvalue weighted by molar-refractivity contribution is 6.51. The van der Waals surface area contributed by atoms with Crippen LogP contribution in [0.5, 0.6) is 11.5 Å². The molecule has 362 valence electrons. The fourth-order valence-corrected chi connectivity index (χ4v) is 7.35. The third-order valence-electron chi connectivity index (χ3n) is 9.84. The van der Waals surface area contributed by atoms with Crippen molar-refractivity contribution < 1.29 is 59.2 Å².